The van der Waals surface area contributed by atoms with Gasteiger partial charge in [0.15, 0.2) is 0 Å². The third-order valence-electron chi connectivity index (χ3n) is 2.99. The van der Waals surface area contributed by atoms with Crippen LogP contribution in [0, 0.1) is 0 Å². The lowest BCUT2D eigenvalue weighted by atomic mass is 10.2. The molecule has 0 spiro atoms. The predicted molar refractivity (Wildman–Crippen MR) is 79.7 cm³/mol. The maximum Gasteiger partial charge on any atom is 0.379 e. The maximum atomic E-state index is 11.9. The topological polar surface area (TPSA) is 99.1 Å². The van der Waals surface area contributed by atoms with Gasteiger partial charge in [0, 0.05) is 6.07 Å². The van der Waals surface area contributed by atoms with Gasteiger partial charge in [-0.15, -0.1) is 0 Å². The summed E-state index contributed by atoms with van der Waals surface area (Å²) in [4.78, 5) is 23.8. The Bertz CT molecular complexity index is 765. The molecule has 7 nitrogen and oxygen atoms in total. The van der Waals surface area contributed by atoms with Crippen LogP contribution < -0.4 is 9.47 Å². The van der Waals surface area contributed by atoms with E-state index in [1.165, 1.54) is 42.9 Å². The third-order valence-corrected chi connectivity index (χ3v) is 2.99. The minimum absolute atomic E-state index is 0.0264. The lowest BCUT2D eigenvalue weighted by Crippen LogP contribution is -2.10. The second-order valence-corrected chi connectivity index (χ2v) is 4.70. The number of ether oxygens (including phenoxy) is 2. The number of furan rings is 2. The predicted octanol–water partition coefficient (Wildman–Crippen LogP) is 2.80. The van der Waals surface area contributed by atoms with Gasteiger partial charge in [-0.05, 0) is 42.0 Å². The molecule has 0 amide bonds. The van der Waals surface area contributed by atoms with Crippen molar-refractivity contribution in [3.8, 4) is 11.5 Å². The first-order valence-electron chi connectivity index (χ1n) is 6.92. The van der Waals surface area contributed by atoms with Crippen molar-refractivity contribution in [2.45, 2.75) is 6.61 Å². The van der Waals surface area contributed by atoms with Crippen LogP contribution in [0.1, 0.15) is 26.7 Å². The molecule has 7 heteroatoms. The van der Waals surface area contributed by atoms with E-state index in [9.17, 15) is 14.7 Å². The van der Waals surface area contributed by atoms with E-state index in [4.69, 9.17) is 18.3 Å². The van der Waals surface area contributed by atoms with Crippen molar-refractivity contribution >= 4 is 11.9 Å². The average Bonchev–Trinajstić information content (AvgIpc) is 3.27. The Morgan fingerprint density at radius 3 is 1.75 bits per heavy atom. The Balaban J connectivity index is 1.80. The molecule has 3 aromatic rings. The number of hydrogen-bond acceptors (Lipinski definition) is 7. The molecule has 0 fully saturated rings. The van der Waals surface area contributed by atoms with Crippen LogP contribution in [0.15, 0.2) is 63.8 Å². The summed E-state index contributed by atoms with van der Waals surface area (Å²) < 4.78 is 20.2. The van der Waals surface area contributed by atoms with Crippen LogP contribution in [0.2, 0.25) is 0 Å². The Morgan fingerprint density at radius 1 is 0.875 bits per heavy atom. The number of carbonyl (C=O) groups excluding carboxylic acids is 2. The highest BCUT2D eigenvalue weighted by molar-refractivity contribution is 5.89. The minimum atomic E-state index is -0.710. The van der Waals surface area contributed by atoms with E-state index in [1.54, 1.807) is 12.1 Å². The van der Waals surface area contributed by atoms with E-state index in [0.29, 0.717) is 5.56 Å². The van der Waals surface area contributed by atoms with Gasteiger partial charge in [0.1, 0.15) is 11.5 Å². The SMILES string of the molecule is O=C(Oc1cc(CO)cc(OC(=O)c2ccco2)c1)c1ccco1. The molecule has 0 atom stereocenters. The molecule has 2 heterocycles. The summed E-state index contributed by atoms with van der Waals surface area (Å²) in [6.07, 6.45) is 2.69. The number of rotatable bonds is 5. The monoisotopic (exact) mass is 328 g/mol. The standard InChI is InChI=1S/C17H12O7/c18-10-11-7-12(23-16(19)14-3-1-5-21-14)9-13(8-11)24-17(20)15-4-2-6-22-15/h1-9,18H,10H2. The van der Waals surface area contributed by atoms with Gasteiger partial charge >= 0.3 is 11.9 Å². The highest BCUT2D eigenvalue weighted by atomic mass is 16.6. The molecule has 0 saturated carbocycles. The van der Waals surface area contributed by atoms with Crippen molar-refractivity contribution < 1.29 is 33.0 Å². The van der Waals surface area contributed by atoms with E-state index >= 15 is 0 Å². The Kier molecular flexibility index (Phi) is 4.44. The van der Waals surface area contributed by atoms with Gasteiger partial charge in [-0.2, -0.15) is 0 Å². The van der Waals surface area contributed by atoms with Crippen LogP contribution in [-0.2, 0) is 6.61 Å². The summed E-state index contributed by atoms with van der Waals surface area (Å²) in [5, 5.41) is 9.30. The van der Waals surface area contributed by atoms with Crippen LogP contribution in [0.3, 0.4) is 0 Å². The molecule has 1 N–H and O–H groups in total. The second kappa shape index (κ2) is 6.84. The van der Waals surface area contributed by atoms with Crippen LogP contribution in [0.5, 0.6) is 11.5 Å². The normalized spacial score (nSPS) is 10.4. The molecule has 24 heavy (non-hydrogen) atoms. The molecule has 0 bridgehead atoms. The van der Waals surface area contributed by atoms with Gasteiger partial charge in [0.25, 0.3) is 0 Å². The number of benzene rings is 1. The fourth-order valence-electron chi connectivity index (χ4n) is 1.94. The van der Waals surface area contributed by atoms with Crippen molar-refractivity contribution in [2.75, 3.05) is 0 Å². The van der Waals surface area contributed by atoms with Gasteiger partial charge in [0.2, 0.25) is 11.5 Å². The highest BCUT2D eigenvalue weighted by Crippen LogP contribution is 2.25. The lowest BCUT2D eigenvalue weighted by molar-refractivity contribution is 0.0697. The third kappa shape index (κ3) is 3.53. The number of carbonyl (C=O) groups is 2. The summed E-state index contributed by atoms with van der Waals surface area (Å²) in [6.45, 7) is -0.322. The second-order valence-electron chi connectivity index (χ2n) is 4.70. The first-order valence-corrected chi connectivity index (χ1v) is 6.92. The van der Waals surface area contributed by atoms with Crippen molar-refractivity contribution in [2.24, 2.45) is 0 Å². The zero-order chi connectivity index (χ0) is 16.9. The van der Waals surface area contributed by atoms with E-state index in [0.717, 1.165) is 0 Å². The van der Waals surface area contributed by atoms with E-state index in [-0.39, 0.29) is 29.6 Å². The van der Waals surface area contributed by atoms with Gasteiger partial charge in [-0.1, -0.05) is 0 Å². The van der Waals surface area contributed by atoms with Crippen molar-refractivity contribution in [3.63, 3.8) is 0 Å². The molecule has 0 saturated heterocycles. The summed E-state index contributed by atoms with van der Waals surface area (Å²) in [6, 6.07) is 10.3. The largest absolute Gasteiger partial charge is 0.457 e. The van der Waals surface area contributed by atoms with Crippen LogP contribution in [0.4, 0.5) is 0 Å². The first-order chi connectivity index (χ1) is 11.7. The molecule has 0 unspecified atom stereocenters. The summed E-state index contributed by atoms with van der Waals surface area (Å²) in [7, 11) is 0. The molecule has 3 rings (SSSR count). The highest BCUT2D eigenvalue weighted by Gasteiger charge is 2.15. The van der Waals surface area contributed by atoms with Crippen LogP contribution >= 0.6 is 0 Å². The number of hydrogen-bond donors (Lipinski definition) is 1. The zero-order valence-electron chi connectivity index (χ0n) is 12.3. The molecule has 0 aliphatic heterocycles. The smallest absolute Gasteiger partial charge is 0.379 e. The summed E-state index contributed by atoms with van der Waals surface area (Å²) >= 11 is 0. The average molecular weight is 328 g/mol. The zero-order valence-corrected chi connectivity index (χ0v) is 12.3. The van der Waals surface area contributed by atoms with Crippen LogP contribution in [-0.4, -0.2) is 17.0 Å². The number of esters is 2. The van der Waals surface area contributed by atoms with Gasteiger partial charge in [0.05, 0.1) is 19.1 Å². The quantitative estimate of drug-likeness (QED) is 0.568. The van der Waals surface area contributed by atoms with Crippen LogP contribution in [0.25, 0.3) is 0 Å². The van der Waals surface area contributed by atoms with E-state index < -0.39 is 11.9 Å². The molecule has 0 aliphatic rings. The lowest BCUT2D eigenvalue weighted by Gasteiger charge is -2.08. The molecule has 122 valence electrons. The number of aliphatic hydroxyl groups excluding tert-OH is 1. The molecule has 1 aromatic carbocycles. The van der Waals surface area contributed by atoms with E-state index in [2.05, 4.69) is 0 Å². The molecule has 2 aromatic heterocycles. The Hall–Kier alpha value is -3.32. The molecular formula is C17H12O7. The maximum absolute atomic E-state index is 11.9. The van der Waals surface area contributed by atoms with Crippen molar-refractivity contribution in [1.82, 2.24) is 0 Å². The molecular weight excluding hydrogens is 316 g/mol. The molecule has 0 radical (unpaired) electrons. The van der Waals surface area contributed by atoms with E-state index in [1.807, 2.05) is 0 Å². The van der Waals surface area contributed by atoms with Gasteiger partial charge in [-0.25, -0.2) is 9.59 Å². The Morgan fingerprint density at radius 2 is 1.38 bits per heavy atom. The van der Waals surface area contributed by atoms with Gasteiger partial charge < -0.3 is 23.4 Å². The minimum Gasteiger partial charge on any atom is -0.457 e. The first kappa shape index (κ1) is 15.6. The Labute approximate surface area is 136 Å². The number of aliphatic hydroxyl groups is 1. The summed E-state index contributed by atoms with van der Waals surface area (Å²) in [5.74, 6) is -1.16. The van der Waals surface area contributed by atoms with Crippen molar-refractivity contribution in [3.05, 3.63) is 72.1 Å². The van der Waals surface area contributed by atoms with Crippen molar-refractivity contribution in [1.29, 1.82) is 0 Å². The fourth-order valence-corrected chi connectivity index (χ4v) is 1.94. The fraction of sp³-hybridized carbons (Fsp3) is 0.0588. The molecule has 0 aliphatic carbocycles. The summed E-state index contributed by atoms with van der Waals surface area (Å²) in [5.41, 5.74) is 0.405. The van der Waals surface area contributed by atoms with Gasteiger partial charge in [-0.3, -0.25) is 0 Å².